The second-order valence-corrected chi connectivity index (χ2v) is 5.03. The highest BCUT2D eigenvalue weighted by Crippen LogP contribution is 2.28. The Kier molecular flexibility index (Phi) is 5.52. The molecule has 0 aliphatic carbocycles. The van der Waals surface area contributed by atoms with Gasteiger partial charge >= 0.3 is 0 Å². The zero-order valence-corrected chi connectivity index (χ0v) is 11.8. The van der Waals surface area contributed by atoms with Crippen molar-refractivity contribution in [3.8, 4) is 0 Å². The molecule has 1 atom stereocenters. The predicted octanol–water partition coefficient (Wildman–Crippen LogP) is 4.70. The third-order valence-corrected chi connectivity index (χ3v) is 3.60. The smallest absolute Gasteiger partial charge is 0.133 e. The lowest BCUT2D eigenvalue weighted by Gasteiger charge is -2.17. The maximum absolute atomic E-state index is 13.8. The van der Waals surface area contributed by atoms with Gasteiger partial charge in [0.15, 0.2) is 0 Å². The molecule has 0 aromatic heterocycles. The van der Waals surface area contributed by atoms with Gasteiger partial charge in [0, 0.05) is 12.8 Å². The molecule has 0 N–H and O–H groups in total. The Hall–Kier alpha value is -1.18. The Morgan fingerprint density at radius 2 is 1.94 bits per heavy atom. The van der Waals surface area contributed by atoms with Gasteiger partial charge in [-0.25, -0.2) is 4.39 Å². The van der Waals surface area contributed by atoms with Gasteiger partial charge in [0.05, 0.1) is 0 Å². The van der Waals surface area contributed by atoms with E-state index < -0.39 is 0 Å². The maximum atomic E-state index is 13.8. The minimum Gasteiger partial charge on any atom is -0.300 e. The lowest BCUT2D eigenvalue weighted by Crippen LogP contribution is -2.07. The summed E-state index contributed by atoms with van der Waals surface area (Å²) < 4.78 is 13.8. The molecule has 0 amide bonds. The van der Waals surface area contributed by atoms with Crippen LogP contribution in [-0.2, 0) is 4.79 Å². The molecule has 0 saturated carbocycles. The number of Topliss-reactive ketones (excluding diaryl/α,β-unsaturated/α-hetero) is 1. The second-order valence-electron chi connectivity index (χ2n) is 5.03. The Bertz CT molecular complexity index is 400. The van der Waals surface area contributed by atoms with Crippen molar-refractivity contribution in [2.75, 3.05) is 0 Å². The molecular formula is C16H23FO. The molecule has 2 heteroatoms. The van der Waals surface area contributed by atoms with E-state index in [9.17, 15) is 9.18 Å². The van der Waals surface area contributed by atoms with Crippen molar-refractivity contribution < 1.29 is 9.18 Å². The summed E-state index contributed by atoms with van der Waals surface area (Å²) in [6, 6.07) is 3.63. The topological polar surface area (TPSA) is 17.1 Å². The van der Waals surface area contributed by atoms with Crippen molar-refractivity contribution in [1.29, 1.82) is 0 Å². The average molecular weight is 250 g/mol. The monoisotopic (exact) mass is 250 g/mol. The third-order valence-electron chi connectivity index (χ3n) is 3.60. The largest absolute Gasteiger partial charge is 0.300 e. The van der Waals surface area contributed by atoms with Gasteiger partial charge in [0.1, 0.15) is 11.6 Å². The summed E-state index contributed by atoms with van der Waals surface area (Å²) in [5.41, 5.74) is 2.64. The van der Waals surface area contributed by atoms with Crippen molar-refractivity contribution in [1.82, 2.24) is 0 Å². The van der Waals surface area contributed by atoms with Crippen molar-refractivity contribution in [2.24, 2.45) is 0 Å². The van der Waals surface area contributed by atoms with Crippen LogP contribution in [-0.4, -0.2) is 5.78 Å². The van der Waals surface area contributed by atoms with E-state index in [1.807, 2.05) is 19.9 Å². The number of carbonyl (C=O) groups is 1. The summed E-state index contributed by atoms with van der Waals surface area (Å²) in [4.78, 5) is 11.6. The van der Waals surface area contributed by atoms with Gasteiger partial charge in [-0.2, -0.15) is 0 Å². The van der Waals surface area contributed by atoms with Crippen LogP contribution in [0.3, 0.4) is 0 Å². The molecule has 100 valence electrons. The van der Waals surface area contributed by atoms with Crippen LogP contribution in [0.25, 0.3) is 0 Å². The van der Waals surface area contributed by atoms with E-state index in [-0.39, 0.29) is 17.5 Å². The minimum atomic E-state index is -0.157. The number of hydrogen-bond acceptors (Lipinski definition) is 1. The van der Waals surface area contributed by atoms with Crippen LogP contribution in [0.15, 0.2) is 12.1 Å². The summed E-state index contributed by atoms with van der Waals surface area (Å²) in [6.07, 6.45) is 3.05. The molecule has 1 nitrogen and oxygen atoms in total. The summed E-state index contributed by atoms with van der Waals surface area (Å²) in [7, 11) is 0. The quantitative estimate of drug-likeness (QED) is 0.715. The third kappa shape index (κ3) is 3.66. The second kappa shape index (κ2) is 6.67. The molecule has 0 fully saturated rings. The van der Waals surface area contributed by atoms with Crippen LogP contribution in [0.4, 0.5) is 4.39 Å². The Labute approximate surface area is 109 Å². The highest BCUT2D eigenvalue weighted by atomic mass is 19.1. The normalized spacial score (nSPS) is 12.5. The SMILES string of the molecule is CCCC(CC(=O)CC)c1cc(C)c(C)c(F)c1. The van der Waals surface area contributed by atoms with Gasteiger partial charge in [0.2, 0.25) is 0 Å². The summed E-state index contributed by atoms with van der Waals surface area (Å²) in [5.74, 6) is 0.262. The van der Waals surface area contributed by atoms with Gasteiger partial charge in [-0.15, -0.1) is 0 Å². The molecule has 0 heterocycles. The first-order valence-electron chi connectivity index (χ1n) is 6.77. The number of benzene rings is 1. The van der Waals surface area contributed by atoms with E-state index >= 15 is 0 Å². The Balaban J connectivity index is 3.01. The van der Waals surface area contributed by atoms with Crippen LogP contribution in [0.1, 0.15) is 62.1 Å². The Morgan fingerprint density at radius 3 is 2.44 bits per heavy atom. The van der Waals surface area contributed by atoms with E-state index in [0.29, 0.717) is 18.4 Å². The molecule has 1 aromatic carbocycles. The number of rotatable bonds is 6. The first-order valence-corrected chi connectivity index (χ1v) is 6.77. The lowest BCUT2D eigenvalue weighted by molar-refractivity contribution is -0.119. The number of ketones is 1. The number of halogens is 1. The molecule has 1 aromatic rings. The predicted molar refractivity (Wildman–Crippen MR) is 73.4 cm³/mol. The maximum Gasteiger partial charge on any atom is 0.133 e. The lowest BCUT2D eigenvalue weighted by atomic mass is 9.87. The van der Waals surface area contributed by atoms with Crippen molar-refractivity contribution in [2.45, 2.75) is 59.3 Å². The van der Waals surface area contributed by atoms with Gasteiger partial charge in [-0.3, -0.25) is 4.79 Å². The molecule has 0 aliphatic heterocycles. The molecule has 0 saturated heterocycles. The van der Waals surface area contributed by atoms with Crippen LogP contribution in [0.2, 0.25) is 0 Å². The number of carbonyl (C=O) groups excluding carboxylic acids is 1. The van der Waals surface area contributed by atoms with Gasteiger partial charge < -0.3 is 0 Å². The van der Waals surface area contributed by atoms with Gasteiger partial charge in [0.25, 0.3) is 0 Å². The van der Waals surface area contributed by atoms with E-state index in [0.717, 1.165) is 24.0 Å². The van der Waals surface area contributed by atoms with Crippen LogP contribution in [0.5, 0.6) is 0 Å². The fraction of sp³-hybridized carbons (Fsp3) is 0.562. The van der Waals surface area contributed by atoms with Crippen molar-refractivity contribution in [3.05, 3.63) is 34.6 Å². The number of hydrogen-bond donors (Lipinski definition) is 0. The fourth-order valence-electron chi connectivity index (χ4n) is 2.23. The first-order chi connectivity index (χ1) is 8.49. The molecular weight excluding hydrogens is 227 g/mol. The molecule has 0 spiro atoms. The standard InChI is InChI=1S/C16H23FO/c1-5-7-13(9-15(18)6-2)14-8-11(3)12(4)16(17)10-14/h8,10,13H,5-7,9H2,1-4H3. The molecule has 1 rings (SSSR count). The summed E-state index contributed by atoms with van der Waals surface area (Å²) in [5, 5.41) is 0. The molecule has 0 bridgehead atoms. The molecule has 1 unspecified atom stereocenters. The molecule has 0 radical (unpaired) electrons. The molecule has 0 aliphatic rings. The zero-order valence-electron chi connectivity index (χ0n) is 11.8. The minimum absolute atomic E-state index is 0.157. The molecule has 18 heavy (non-hydrogen) atoms. The summed E-state index contributed by atoms with van der Waals surface area (Å²) >= 11 is 0. The summed E-state index contributed by atoms with van der Waals surface area (Å²) in [6.45, 7) is 7.69. The highest BCUT2D eigenvalue weighted by Gasteiger charge is 2.16. The zero-order chi connectivity index (χ0) is 13.7. The van der Waals surface area contributed by atoms with E-state index in [1.165, 1.54) is 0 Å². The average Bonchev–Trinajstić information content (AvgIpc) is 2.34. The van der Waals surface area contributed by atoms with Gasteiger partial charge in [-0.05, 0) is 48.9 Å². The van der Waals surface area contributed by atoms with Gasteiger partial charge in [-0.1, -0.05) is 26.3 Å². The van der Waals surface area contributed by atoms with E-state index in [2.05, 4.69) is 6.92 Å². The van der Waals surface area contributed by atoms with Crippen molar-refractivity contribution in [3.63, 3.8) is 0 Å². The number of aryl methyl sites for hydroxylation is 1. The highest BCUT2D eigenvalue weighted by molar-refractivity contribution is 5.78. The van der Waals surface area contributed by atoms with Crippen LogP contribution >= 0.6 is 0 Å². The van der Waals surface area contributed by atoms with Crippen molar-refractivity contribution >= 4 is 5.78 Å². The van der Waals surface area contributed by atoms with E-state index in [1.54, 1.807) is 13.0 Å². The first kappa shape index (κ1) is 14.9. The van der Waals surface area contributed by atoms with Crippen LogP contribution < -0.4 is 0 Å². The fourth-order valence-corrected chi connectivity index (χ4v) is 2.23. The Morgan fingerprint density at radius 1 is 1.28 bits per heavy atom. The van der Waals surface area contributed by atoms with Crippen LogP contribution in [0, 0.1) is 19.7 Å². The van der Waals surface area contributed by atoms with E-state index in [4.69, 9.17) is 0 Å².